The van der Waals surface area contributed by atoms with E-state index >= 15 is 0 Å². The predicted octanol–water partition coefficient (Wildman–Crippen LogP) is 4.19. The Hall–Kier alpha value is -1.95. The van der Waals surface area contributed by atoms with Gasteiger partial charge in [0.15, 0.2) is 6.61 Å². The highest BCUT2D eigenvalue weighted by molar-refractivity contribution is 6.35. The van der Waals surface area contributed by atoms with Gasteiger partial charge in [-0.15, -0.1) is 0 Å². The molecule has 8 heteroatoms. The molecule has 0 aliphatic carbocycles. The van der Waals surface area contributed by atoms with E-state index in [4.69, 9.17) is 39.5 Å². The van der Waals surface area contributed by atoms with Crippen LogP contribution in [0.2, 0.25) is 15.1 Å². The van der Waals surface area contributed by atoms with Gasteiger partial charge in [0.1, 0.15) is 11.8 Å². The molecule has 144 valence electrons. The average Bonchev–Trinajstić information content (AvgIpc) is 2.65. The molecule has 0 bridgehead atoms. The monoisotopic (exact) mass is 428 g/mol. The fourth-order valence-corrected chi connectivity index (χ4v) is 2.98. The summed E-state index contributed by atoms with van der Waals surface area (Å²) in [7, 11) is 1.52. The third kappa shape index (κ3) is 6.03. The second kappa shape index (κ2) is 9.83. The van der Waals surface area contributed by atoms with Crippen LogP contribution in [-0.2, 0) is 16.1 Å². The van der Waals surface area contributed by atoms with Crippen LogP contribution in [0.25, 0.3) is 0 Å². The van der Waals surface area contributed by atoms with Gasteiger partial charge in [0, 0.05) is 23.6 Å². The third-order valence-electron chi connectivity index (χ3n) is 3.92. The van der Waals surface area contributed by atoms with Gasteiger partial charge in [-0.1, -0.05) is 46.9 Å². The van der Waals surface area contributed by atoms with Crippen LogP contribution in [0.5, 0.6) is 5.75 Å². The number of hydrogen-bond acceptors (Lipinski definition) is 3. The SMILES string of the molecule is CNC(=O)[C@@H](C)N(Cc1ccc(Cl)cc1)C(=O)COc1ccc(Cl)cc1Cl. The molecule has 0 spiro atoms. The van der Waals surface area contributed by atoms with Gasteiger partial charge in [0.05, 0.1) is 5.02 Å². The van der Waals surface area contributed by atoms with Crippen LogP contribution in [0.1, 0.15) is 12.5 Å². The highest BCUT2D eigenvalue weighted by Gasteiger charge is 2.26. The molecule has 2 rings (SSSR count). The maximum absolute atomic E-state index is 12.8. The van der Waals surface area contributed by atoms with Crippen molar-refractivity contribution in [2.75, 3.05) is 13.7 Å². The summed E-state index contributed by atoms with van der Waals surface area (Å²) in [5.41, 5.74) is 0.841. The summed E-state index contributed by atoms with van der Waals surface area (Å²) in [6.07, 6.45) is 0. The maximum Gasteiger partial charge on any atom is 0.261 e. The average molecular weight is 430 g/mol. The number of nitrogens with one attached hydrogen (secondary N) is 1. The van der Waals surface area contributed by atoms with Crippen LogP contribution in [0.4, 0.5) is 0 Å². The summed E-state index contributed by atoms with van der Waals surface area (Å²) < 4.78 is 5.52. The zero-order valence-electron chi connectivity index (χ0n) is 14.8. The quantitative estimate of drug-likeness (QED) is 0.718. The highest BCUT2D eigenvalue weighted by atomic mass is 35.5. The van der Waals surface area contributed by atoms with E-state index in [0.29, 0.717) is 20.8 Å². The zero-order valence-corrected chi connectivity index (χ0v) is 17.1. The van der Waals surface area contributed by atoms with Crippen molar-refractivity contribution >= 4 is 46.6 Å². The Morgan fingerprint density at radius 2 is 1.70 bits per heavy atom. The maximum atomic E-state index is 12.8. The predicted molar refractivity (Wildman–Crippen MR) is 107 cm³/mol. The molecule has 2 aromatic carbocycles. The number of carbonyl (C=O) groups is 2. The van der Waals surface area contributed by atoms with Gasteiger partial charge in [-0.05, 0) is 42.8 Å². The first-order valence-electron chi connectivity index (χ1n) is 8.15. The van der Waals surface area contributed by atoms with Crippen molar-refractivity contribution in [3.63, 3.8) is 0 Å². The van der Waals surface area contributed by atoms with Gasteiger partial charge in [-0.3, -0.25) is 9.59 Å². The number of likely N-dealkylation sites (N-methyl/N-ethyl adjacent to an activating group) is 1. The first kappa shape index (κ1) is 21.4. The van der Waals surface area contributed by atoms with Crippen LogP contribution in [-0.4, -0.2) is 36.4 Å². The smallest absolute Gasteiger partial charge is 0.261 e. The van der Waals surface area contributed by atoms with Gasteiger partial charge in [0.25, 0.3) is 5.91 Å². The van der Waals surface area contributed by atoms with Crippen molar-refractivity contribution in [3.8, 4) is 5.75 Å². The molecule has 0 saturated carbocycles. The summed E-state index contributed by atoms with van der Waals surface area (Å²) in [5.74, 6) is -0.289. The molecule has 0 unspecified atom stereocenters. The van der Waals surface area contributed by atoms with Crippen molar-refractivity contribution in [3.05, 3.63) is 63.1 Å². The van der Waals surface area contributed by atoms with Crippen LogP contribution in [0, 0.1) is 0 Å². The molecule has 0 heterocycles. The number of rotatable bonds is 7. The molecular weight excluding hydrogens is 411 g/mol. The van der Waals surface area contributed by atoms with Crippen molar-refractivity contribution in [2.45, 2.75) is 19.5 Å². The number of ether oxygens (including phenoxy) is 1. The van der Waals surface area contributed by atoms with Crippen LogP contribution in [0.15, 0.2) is 42.5 Å². The van der Waals surface area contributed by atoms with Crippen LogP contribution < -0.4 is 10.1 Å². The largest absolute Gasteiger partial charge is 0.482 e. The summed E-state index contributed by atoms with van der Waals surface area (Å²) in [5, 5.41) is 3.92. The van der Waals surface area contributed by atoms with Crippen molar-refractivity contribution in [1.29, 1.82) is 0 Å². The van der Waals surface area contributed by atoms with Crippen LogP contribution >= 0.6 is 34.8 Å². The topological polar surface area (TPSA) is 58.6 Å². The number of halogens is 3. The standard InChI is InChI=1S/C19H19Cl3N2O3/c1-12(19(26)23-2)24(10-13-3-5-14(20)6-4-13)18(25)11-27-17-8-7-15(21)9-16(17)22/h3-9,12H,10-11H2,1-2H3,(H,23,26)/t12-/m1/s1. The molecule has 1 atom stereocenters. The fourth-order valence-electron chi connectivity index (χ4n) is 2.39. The van der Waals surface area contributed by atoms with E-state index in [2.05, 4.69) is 5.32 Å². The fraction of sp³-hybridized carbons (Fsp3) is 0.263. The Morgan fingerprint density at radius 1 is 1.07 bits per heavy atom. The molecule has 2 aromatic rings. The van der Waals surface area contributed by atoms with Gasteiger partial charge < -0.3 is 15.0 Å². The summed E-state index contributed by atoms with van der Waals surface area (Å²) in [6, 6.07) is 11.1. The van der Waals surface area contributed by atoms with E-state index in [1.54, 1.807) is 43.3 Å². The van der Waals surface area contributed by atoms with E-state index in [9.17, 15) is 9.59 Å². The van der Waals surface area contributed by atoms with E-state index in [1.807, 2.05) is 0 Å². The van der Waals surface area contributed by atoms with Crippen LogP contribution in [0.3, 0.4) is 0 Å². The summed E-state index contributed by atoms with van der Waals surface area (Å²) in [4.78, 5) is 26.3. The number of hydrogen-bond donors (Lipinski definition) is 1. The number of amides is 2. The van der Waals surface area contributed by atoms with Crippen molar-refractivity contribution in [2.24, 2.45) is 0 Å². The Kier molecular flexibility index (Phi) is 7.78. The van der Waals surface area contributed by atoms with E-state index in [-0.39, 0.29) is 25.0 Å². The van der Waals surface area contributed by atoms with E-state index in [1.165, 1.54) is 18.0 Å². The number of nitrogens with zero attached hydrogens (tertiary/aromatic N) is 1. The summed E-state index contributed by atoms with van der Waals surface area (Å²) in [6.45, 7) is 1.63. The second-order valence-electron chi connectivity index (χ2n) is 5.80. The first-order valence-corrected chi connectivity index (χ1v) is 9.28. The normalized spacial score (nSPS) is 11.6. The molecular formula is C19H19Cl3N2O3. The molecule has 0 aliphatic heterocycles. The Morgan fingerprint density at radius 3 is 2.30 bits per heavy atom. The Balaban J connectivity index is 2.14. The highest BCUT2D eigenvalue weighted by Crippen LogP contribution is 2.27. The number of benzene rings is 2. The summed E-state index contributed by atoms with van der Waals surface area (Å²) >= 11 is 17.8. The van der Waals surface area contributed by atoms with E-state index < -0.39 is 6.04 Å². The molecule has 0 fully saturated rings. The Bertz CT molecular complexity index is 812. The van der Waals surface area contributed by atoms with Gasteiger partial charge in [0.2, 0.25) is 5.91 Å². The van der Waals surface area contributed by atoms with Gasteiger partial charge in [-0.2, -0.15) is 0 Å². The number of carbonyl (C=O) groups excluding carboxylic acids is 2. The van der Waals surface area contributed by atoms with Crippen molar-refractivity contribution in [1.82, 2.24) is 10.2 Å². The first-order chi connectivity index (χ1) is 12.8. The second-order valence-corrected chi connectivity index (χ2v) is 7.08. The minimum Gasteiger partial charge on any atom is -0.482 e. The van der Waals surface area contributed by atoms with Gasteiger partial charge >= 0.3 is 0 Å². The van der Waals surface area contributed by atoms with Gasteiger partial charge in [-0.25, -0.2) is 0 Å². The molecule has 1 N–H and O–H groups in total. The molecule has 27 heavy (non-hydrogen) atoms. The molecule has 0 saturated heterocycles. The molecule has 0 radical (unpaired) electrons. The third-order valence-corrected chi connectivity index (χ3v) is 4.71. The lowest BCUT2D eigenvalue weighted by Crippen LogP contribution is -2.48. The Labute approximate surface area is 173 Å². The molecule has 2 amide bonds. The zero-order chi connectivity index (χ0) is 20.0. The lowest BCUT2D eigenvalue weighted by molar-refractivity contribution is -0.142. The minimum absolute atomic E-state index is 0.238. The molecule has 5 nitrogen and oxygen atoms in total. The lowest BCUT2D eigenvalue weighted by Gasteiger charge is -2.28. The minimum atomic E-state index is -0.678. The lowest BCUT2D eigenvalue weighted by atomic mass is 10.1. The molecule has 0 aliphatic rings. The molecule has 0 aromatic heterocycles. The van der Waals surface area contributed by atoms with Crippen molar-refractivity contribution < 1.29 is 14.3 Å². The van der Waals surface area contributed by atoms with E-state index in [0.717, 1.165) is 5.56 Å².